The molecule has 0 spiro atoms. The van der Waals surface area contributed by atoms with E-state index in [4.69, 9.17) is 8.83 Å². The third kappa shape index (κ3) is 6.44. The Labute approximate surface area is 361 Å². The van der Waals surface area contributed by atoms with Crippen LogP contribution in [0.5, 0.6) is 0 Å². The second-order valence-corrected chi connectivity index (χ2v) is 16.7. The molecule has 2 aliphatic rings. The Morgan fingerprint density at radius 2 is 1.03 bits per heavy atom. The van der Waals surface area contributed by atoms with Crippen LogP contribution in [0.1, 0.15) is 46.8 Å². The van der Waals surface area contributed by atoms with E-state index >= 15 is 0 Å². The molecule has 2 heterocycles. The van der Waals surface area contributed by atoms with Crippen molar-refractivity contribution in [3.63, 3.8) is 0 Å². The lowest BCUT2D eigenvalue weighted by Gasteiger charge is -2.18. The van der Waals surface area contributed by atoms with Gasteiger partial charge < -0.3 is 8.83 Å². The summed E-state index contributed by atoms with van der Waals surface area (Å²) in [7, 11) is 0. The predicted molar refractivity (Wildman–Crippen MR) is 259 cm³/mol. The first-order valence-corrected chi connectivity index (χ1v) is 21.7. The average Bonchev–Trinajstić information content (AvgIpc) is 3.91. The molecule has 2 aromatic heterocycles. The van der Waals surface area contributed by atoms with E-state index in [1.165, 1.54) is 66.8 Å². The van der Waals surface area contributed by atoms with E-state index < -0.39 is 0 Å². The zero-order valence-corrected chi connectivity index (χ0v) is 34.2. The SMILES string of the molecule is C1=CC(c2cccc(-c3cccc(-c4ccccc4)c3)c2)Cc2c1oc1c(-c3ccccc3)c3oc4ccc(C5=CC(c6cccc(-c7ccccc7)c6)=CCC5)cc4c3cc21. The lowest BCUT2D eigenvalue weighted by molar-refractivity contribution is 0.591. The van der Waals surface area contributed by atoms with Gasteiger partial charge in [0.2, 0.25) is 0 Å². The predicted octanol–water partition coefficient (Wildman–Crippen LogP) is 16.6. The second kappa shape index (κ2) is 15.1. The molecule has 0 bridgehead atoms. The van der Waals surface area contributed by atoms with Gasteiger partial charge in [0.05, 0.1) is 5.56 Å². The van der Waals surface area contributed by atoms with Crippen LogP contribution in [0, 0.1) is 0 Å². The Balaban J connectivity index is 0.933. The molecule has 1 unspecified atom stereocenters. The Morgan fingerprint density at radius 3 is 1.76 bits per heavy atom. The molecule has 0 aliphatic heterocycles. The quantitative estimate of drug-likeness (QED) is 0.161. The Morgan fingerprint density at radius 1 is 0.435 bits per heavy atom. The molecule has 0 saturated carbocycles. The summed E-state index contributed by atoms with van der Waals surface area (Å²) < 4.78 is 13.7. The van der Waals surface area contributed by atoms with Crippen LogP contribution < -0.4 is 0 Å². The summed E-state index contributed by atoms with van der Waals surface area (Å²) in [5.41, 5.74) is 19.7. The molecule has 2 aliphatic carbocycles. The third-order valence-corrected chi connectivity index (χ3v) is 12.9. The van der Waals surface area contributed by atoms with E-state index in [1.807, 2.05) is 0 Å². The molecule has 2 heteroatoms. The van der Waals surface area contributed by atoms with Gasteiger partial charge in [-0.2, -0.15) is 0 Å². The fourth-order valence-corrected chi connectivity index (χ4v) is 9.76. The van der Waals surface area contributed by atoms with E-state index in [0.717, 1.165) is 69.1 Å². The zero-order valence-electron chi connectivity index (χ0n) is 34.2. The highest BCUT2D eigenvalue weighted by molar-refractivity contribution is 6.18. The Bertz CT molecular complexity index is 3410. The van der Waals surface area contributed by atoms with Gasteiger partial charge in [-0.15, -0.1) is 0 Å². The van der Waals surface area contributed by atoms with Crippen molar-refractivity contribution in [3.8, 4) is 44.5 Å². The largest absolute Gasteiger partial charge is 0.456 e. The lowest BCUT2D eigenvalue weighted by atomic mass is 9.85. The van der Waals surface area contributed by atoms with Crippen molar-refractivity contribution in [3.05, 3.63) is 234 Å². The second-order valence-electron chi connectivity index (χ2n) is 16.7. The smallest absolute Gasteiger partial charge is 0.147 e. The Kier molecular flexibility index (Phi) is 8.81. The fraction of sp³-hybridized carbons (Fsp3) is 0.0667. The lowest BCUT2D eigenvalue weighted by Crippen LogP contribution is -2.04. The molecule has 0 fully saturated rings. The molecule has 294 valence electrons. The number of fused-ring (bicyclic) bond motifs is 6. The number of hydrogen-bond acceptors (Lipinski definition) is 2. The summed E-state index contributed by atoms with van der Waals surface area (Å²) >= 11 is 0. The highest BCUT2D eigenvalue weighted by Crippen LogP contribution is 2.47. The summed E-state index contributed by atoms with van der Waals surface area (Å²) in [6, 6.07) is 67.8. The van der Waals surface area contributed by atoms with Crippen LogP contribution in [0.15, 0.2) is 215 Å². The molecule has 2 nitrogen and oxygen atoms in total. The van der Waals surface area contributed by atoms with Crippen molar-refractivity contribution in [2.75, 3.05) is 0 Å². The van der Waals surface area contributed by atoms with Gasteiger partial charge in [0.15, 0.2) is 0 Å². The molecule has 12 rings (SSSR count). The van der Waals surface area contributed by atoms with Gasteiger partial charge in [-0.1, -0.05) is 176 Å². The molecular weight excluding hydrogens is 753 g/mol. The van der Waals surface area contributed by atoms with E-state index in [0.29, 0.717) is 0 Å². The van der Waals surface area contributed by atoms with Crippen molar-refractivity contribution >= 4 is 50.1 Å². The molecule has 62 heavy (non-hydrogen) atoms. The van der Waals surface area contributed by atoms with Gasteiger partial charge in [0.1, 0.15) is 22.5 Å². The summed E-state index contributed by atoms with van der Waals surface area (Å²) in [5, 5.41) is 3.40. The highest BCUT2D eigenvalue weighted by atomic mass is 16.3. The summed E-state index contributed by atoms with van der Waals surface area (Å²) in [5.74, 6) is 1.14. The molecule has 0 amide bonds. The first kappa shape index (κ1) is 36.2. The minimum Gasteiger partial charge on any atom is -0.456 e. The van der Waals surface area contributed by atoms with Gasteiger partial charge in [-0.05, 0) is 122 Å². The van der Waals surface area contributed by atoms with Gasteiger partial charge in [-0.25, -0.2) is 0 Å². The molecule has 8 aromatic carbocycles. The van der Waals surface area contributed by atoms with Crippen molar-refractivity contribution < 1.29 is 8.83 Å². The number of hydrogen-bond donors (Lipinski definition) is 0. The molecule has 0 N–H and O–H groups in total. The first-order chi connectivity index (χ1) is 30.7. The van der Waals surface area contributed by atoms with Crippen LogP contribution >= 0.6 is 0 Å². The maximum Gasteiger partial charge on any atom is 0.147 e. The van der Waals surface area contributed by atoms with Crippen molar-refractivity contribution in [2.24, 2.45) is 0 Å². The summed E-state index contributed by atoms with van der Waals surface area (Å²) in [6.07, 6.45) is 12.1. The van der Waals surface area contributed by atoms with Crippen molar-refractivity contribution in [1.82, 2.24) is 0 Å². The minimum absolute atomic E-state index is 0.206. The molecule has 10 aromatic rings. The normalized spacial score (nSPS) is 14.9. The van der Waals surface area contributed by atoms with Gasteiger partial charge in [0, 0.05) is 27.6 Å². The van der Waals surface area contributed by atoms with Crippen LogP contribution in [0.4, 0.5) is 0 Å². The molecule has 0 saturated heterocycles. The maximum atomic E-state index is 6.86. The van der Waals surface area contributed by atoms with E-state index in [-0.39, 0.29) is 5.92 Å². The maximum absolute atomic E-state index is 6.86. The van der Waals surface area contributed by atoms with Gasteiger partial charge >= 0.3 is 0 Å². The van der Waals surface area contributed by atoms with Crippen LogP contribution in [0.2, 0.25) is 0 Å². The molecule has 1 atom stereocenters. The number of benzene rings is 8. The summed E-state index contributed by atoms with van der Waals surface area (Å²) in [6.45, 7) is 0. The average molecular weight is 795 g/mol. The fourth-order valence-electron chi connectivity index (χ4n) is 9.76. The van der Waals surface area contributed by atoms with Gasteiger partial charge in [0.25, 0.3) is 0 Å². The minimum atomic E-state index is 0.206. The van der Waals surface area contributed by atoms with Crippen molar-refractivity contribution in [1.29, 1.82) is 0 Å². The summed E-state index contributed by atoms with van der Waals surface area (Å²) in [4.78, 5) is 0. The number of rotatable bonds is 7. The zero-order chi connectivity index (χ0) is 41.0. The van der Waals surface area contributed by atoms with E-state index in [1.54, 1.807) is 0 Å². The number of allylic oxidation sites excluding steroid dienone is 5. The topological polar surface area (TPSA) is 26.3 Å². The standard InChI is InChI=1S/C60H42O2/c1-4-14-39(15-5-1)42-20-10-22-44(32-42)46-24-12-26-48(34-46)50-28-30-56-52(36-50)54-38-55-53-37-51(29-31-57(53)62-60(55)58(59(54)61-56)41-18-8-3-9-19-41)49-27-13-25-47(35-49)45-23-11-21-43(33-45)40-16-6-2-7-17-40/h1-12,14-26,28-35,37-38,50H,13,27,36H2. The van der Waals surface area contributed by atoms with Crippen LogP contribution in [-0.4, -0.2) is 0 Å². The highest BCUT2D eigenvalue weighted by Gasteiger charge is 2.27. The van der Waals surface area contributed by atoms with Crippen LogP contribution in [0.25, 0.3) is 94.6 Å². The van der Waals surface area contributed by atoms with E-state index in [2.05, 4.69) is 212 Å². The van der Waals surface area contributed by atoms with Crippen LogP contribution in [-0.2, 0) is 6.42 Å². The van der Waals surface area contributed by atoms with E-state index in [9.17, 15) is 0 Å². The molecule has 0 radical (unpaired) electrons. The third-order valence-electron chi connectivity index (χ3n) is 12.9. The number of furan rings is 2. The molecular formula is C60H42O2. The van der Waals surface area contributed by atoms with Crippen LogP contribution in [0.3, 0.4) is 0 Å². The van der Waals surface area contributed by atoms with Gasteiger partial charge in [-0.3, -0.25) is 0 Å². The monoisotopic (exact) mass is 794 g/mol. The first-order valence-electron chi connectivity index (χ1n) is 21.7. The van der Waals surface area contributed by atoms with Crippen molar-refractivity contribution in [2.45, 2.75) is 25.2 Å². The Hall–Kier alpha value is -7.68.